The van der Waals surface area contributed by atoms with Crippen molar-refractivity contribution in [2.75, 3.05) is 11.1 Å². The number of aliphatic carboxylic acids is 1. The van der Waals surface area contributed by atoms with Crippen molar-refractivity contribution < 1.29 is 31.5 Å². The lowest BCUT2D eigenvalue weighted by molar-refractivity contribution is -0.140. The van der Waals surface area contributed by atoms with Crippen molar-refractivity contribution in [3.63, 3.8) is 0 Å². The Labute approximate surface area is 164 Å². The molecule has 11 heteroatoms. The average Bonchev–Trinajstić information content (AvgIpc) is 2.62. The standard InChI is InChI=1S/C17H17F3N2O4S2/c1-9(17(23)24)8-27-15-11(18)12(19)16(28(21,25)26)14(13(15)20)22-7-10-5-3-2-4-6-10/h2-6,9,22H,7-8H2,1H3,(H,23,24)(H2,21,25,26). The fourth-order valence-electron chi connectivity index (χ4n) is 2.24. The van der Waals surface area contributed by atoms with Crippen LogP contribution >= 0.6 is 11.8 Å². The molecule has 6 nitrogen and oxygen atoms in total. The highest BCUT2D eigenvalue weighted by Gasteiger charge is 2.31. The van der Waals surface area contributed by atoms with E-state index in [1.54, 1.807) is 30.3 Å². The van der Waals surface area contributed by atoms with Crippen molar-refractivity contribution >= 4 is 33.4 Å². The zero-order chi connectivity index (χ0) is 21.1. The van der Waals surface area contributed by atoms with Gasteiger partial charge in [0.2, 0.25) is 10.0 Å². The average molecular weight is 434 g/mol. The summed E-state index contributed by atoms with van der Waals surface area (Å²) in [6.45, 7) is 1.23. The summed E-state index contributed by atoms with van der Waals surface area (Å²) in [6.07, 6.45) is 0. The number of anilines is 1. The van der Waals surface area contributed by atoms with Crippen LogP contribution in [-0.2, 0) is 21.4 Å². The number of nitrogens with one attached hydrogen (secondary N) is 1. The smallest absolute Gasteiger partial charge is 0.307 e. The number of thioether (sulfide) groups is 1. The van der Waals surface area contributed by atoms with Gasteiger partial charge in [0.1, 0.15) is 4.90 Å². The van der Waals surface area contributed by atoms with E-state index < -0.39 is 54.8 Å². The van der Waals surface area contributed by atoms with Crippen LogP contribution < -0.4 is 10.5 Å². The molecule has 0 amide bonds. The molecule has 0 aliphatic heterocycles. The Hall–Kier alpha value is -2.24. The number of carbonyl (C=O) groups is 1. The fourth-order valence-corrected chi connectivity index (χ4v) is 4.03. The molecule has 0 aromatic heterocycles. The van der Waals surface area contributed by atoms with E-state index in [-0.39, 0.29) is 12.3 Å². The number of benzene rings is 2. The maximum absolute atomic E-state index is 14.9. The van der Waals surface area contributed by atoms with Gasteiger partial charge in [-0.15, -0.1) is 11.8 Å². The van der Waals surface area contributed by atoms with Gasteiger partial charge in [0.05, 0.1) is 16.5 Å². The second kappa shape index (κ2) is 8.84. The van der Waals surface area contributed by atoms with Crippen LogP contribution in [0, 0.1) is 23.4 Å². The molecule has 28 heavy (non-hydrogen) atoms. The van der Waals surface area contributed by atoms with Gasteiger partial charge in [-0.05, 0) is 5.56 Å². The first-order chi connectivity index (χ1) is 13.0. The second-order valence-corrected chi connectivity index (χ2v) is 8.44. The van der Waals surface area contributed by atoms with E-state index in [0.717, 1.165) is 0 Å². The van der Waals surface area contributed by atoms with Crippen LogP contribution in [0.3, 0.4) is 0 Å². The maximum Gasteiger partial charge on any atom is 0.307 e. The lowest BCUT2D eigenvalue weighted by Crippen LogP contribution is -2.20. The highest BCUT2D eigenvalue weighted by molar-refractivity contribution is 7.99. The molecule has 0 spiro atoms. The molecule has 0 saturated heterocycles. The molecular weight excluding hydrogens is 417 g/mol. The van der Waals surface area contributed by atoms with Crippen LogP contribution in [0.15, 0.2) is 40.1 Å². The quantitative estimate of drug-likeness (QED) is 0.435. The van der Waals surface area contributed by atoms with Crippen molar-refractivity contribution in [1.82, 2.24) is 0 Å². The third-order valence-electron chi connectivity index (χ3n) is 3.73. The number of nitrogens with two attached hydrogens (primary N) is 1. The summed E-state index contributed by atoms with van der Waals surface area (Å²) < 4.78 is 67.1. The second-order valence-electron chi connectivity index (χ2n) is 5.91. The molecule has 2 rings (SSSR count). The lowest BCUT2D eigenvalue weighted by atomic mass is 10.2. The van der Waals surface area contributed by atoms with Crippen LogP contribution in [0.25, 0.3) is 0 Å². The van der Waals surface area contributed by atoms with E-state index in [2.05, 4.69) is 5.32 Å². The van der Waals surface area contributed by atoms with Gasteiger partial charge in [0.25, 0.3) is 0 Å². The number of halogens is 3. The zero-order valence-electron chi connectivity index (χ0n) is 14.6. The first-order valence-electron chi connectivity index (χ1n) is 7.90. The lowest BCUT2D eigenvalue weighted by Gasteiger charge is -2.17. The highest BCUT2D eigenvalue weighted by Crippen LogP contribution is 2.38. The molecule has 0 heterocycles. The summed E-state index contributed by atoms with van der Waals surface area (Å²) in [4.78, 5) is 8.74. The molecular formula is C17H17F3N2O4S2. The molecule has 0 bridgehead atoms. The Morgan fingerprint density at radius 2 is 1.79 bits per heavy atom. The molecule has 0 aliphatic rings. The minimum absolute atomic E-state index is 0.0824. The van der Waals surface area contributed by atoms with Gasteiger partial charge in [-0.25, -0.2) is 26.7 Å². The monoisotopic (exact) mass is 434 g/mol. The summed E-state index contributed by atoms with van der Waals surface area (Å²) in [5, 5.41) is 16.3. The minimum Gasteiger partial charge on any atom is -0.481 e. The number of rotatable bonds is 8. The molecule has 1 unspecified atom stereocenters. The number of hydrogen-bond donors (Lipinski definition) is 3. The Kier molecular flexibility index (Phi) is 6.96. The first kappa shape index (κ1) is 22.1. The van der Waals surface area contributed by atoms with Crippen molar-refractivity contribution in [2.45, 2.75) is 23.3 Å². The summed E-state index contributed by atoms with van der Waals surface area (Å²) in [7, 11) is -4.80. The zero-order valence-corrected chi connectivity index (χ0v) is 16.2. The number of primary sulfonamides is 1. The molecule has 2 aromatic rings. The molecule has 0 radical (unpaired) electrons. The summed E-state index contributed by atoms with van der Waals surface area (Å²) in [6, 6.07) is 8.43. The van der Waals surface area contributed by atoms with Crippen molar-refractivity contribution in [3.05, 3.63) is 53.3 Å². The Bertz CT molecular complexity index is 986. The van der Waals surface area contributed by atoms with Crippen LogP contribution in [0.1, 0.15) is 12.5 Å². The van der Waals surface area contributed by atoms with Gasteiger partial charge < -0.3 is 10.4 Å². The molecule has 152 valence electrons. The summed E-state index contributed by atoms with van der Waals surface area (Å²) in [5.74, 6) is -7.35. The molecule has 0 saturated carbocycles. The van der Waals surface area contributed by atoms with E-state index in [1.165, 1.54) is 6.92 Å². The third-order valence-corrected chi connectivity index (χ3v) is 6.00. The molecule has 2 aromatic carbocycles. The van der Waals surface area contributed by atoms with Crippen molar-refractivity contribution in [2.24, 2.45) is 11.1 Å². The fraction of sp³-hybridized carbons (Fsp3) is 0.235. The molecule has 0 fully saturated rings. The van der Waals surface area contributed by atoms with Crippen LogP contribution in [-0.4, -0.2) is 25.2 Å². The first-order valence-corrected chi connectivity index (χ1v) is 10.4. The SMILES string of the molecule is CC(CSc1c(F)c(F)c(S(N)(=O)=O)c(NCc2ccccc2)c1F)C(=O)O. The van der Waals surface area contributed by atoms with Crippen LogP contribution in [0.4, 0.5) is 18.9 Å². The molecule has 1 atom stereocenters. The van der Waals surface area contributed by atoms with Gasteiger partial charge in [-0.1, -0.05) is 37.3 Å². The van der Waals surface area contributed by atoms with Crippen molar-refractivity contribution in [3.8, 4) is 0 Å². The number of carboxylic acid groups (broad SMARTS) is 1. The van der Waals surface area contributed by atoms with Gasteiger partial charge in [-0.3, -0.25) is 4.79 Å². The van der Waals surface area contributed by atoms with Gasteiger partial charge in [0.15, 0.2) is 17.5 Å². The Balaban J connectivity index is 2.51. The summed E-state index contributed by atoms with van der Waals surface area (Å²) >= 11 is 0.433. The van der Waals surface area contributed by atoms with Crippen LogP contribution in [0.2, 0.25) is 0 Å². The number of hydrogen-bond acceptors (Lipinski definition) is 5. The number of carboxylic acids is 1. The van der Waals surface area contributed by atoms with E-state index in [0.29, 0.717) is 17.3 Å². The Morgan fingerprint density at radius 3 is 2.32 bits per heavy atom. The normalized spacial score (nSPS) is 12.6. The van der Waals surface area contributed by atoms with E-state index in [1.807, 2.05) is 0 Å². The predicted molar refractivity (Wildman–Crippen MR) is 99.0 cm³/mol. The Morgan fingerprint density at radius 1 is 1.18 bits per heavy atom. The largest absolute Gasteiger partial charge is 0.481 e. The van der Waals surface area contributed by atoms with Crippen molar-refractivity contribution in [1.29, 1.82) is 0 Å². The van der Waals surface area contributed by atoms with E-state index in [9.17, 15) is 26.4 Å². The third kappa shape index (κ3) is 4.97. The molecule has 0 aliphatic carbocycles. The van der Waals surface area contributed by atoms with Gasteiger partial charge in [0, 0.05) is 12.3 Å². The highest BCUT2D eigenvalue weighted by atomic mass is 32.2. The van der Waals surface area contributed by atoms with E-state index >= 15 is 0 Å². The van der Waals surface area contributed by atoms with E-state index in [4.69, 9.17) is 10.2 Å². The van der Waals surface area contributed by atoms with Crippen LogP contribution in [0.5, 0.6) is 0 Å². The maximum atomic E-state index is 14.9. The number of sulfonamides is 1. The topological polar surface area (TPSA) is 109 Å². The minimum atomic E-state index is -4.80. The van der Waals surface area contributed by atoms with Gasteiger partial charge in [-0.2, -0.15) is 0 Å². The molecule has 4 N–H and O–H groups in total. The summed E-state index contributed by atoms with van der Waals surface area (Å²) in [5.41, 5.74) is -0.184. The van der Waals surface area contributed by atoms with Gasteiger partial charge >= 0.3 is 5.97 Å². The predicted octanol–water partition coefficient (Wildman–Crippen LogP) is 3.18.